The number of hydrogen-bond acceptors (Lipinski definition) is 4. The molecule has 17 heavy (non-hydrogen) atoms. The number of carbonyl (C=O) groups excluding carboxylic acids is 2. The van der Waals surface area contributed by atoms with Gasteiger partial charge in [-0.25, -0.2) is 5.84 Å². The highest BCUT2D eigenvalue weighted by atomic mass is 16.2. The molecule has 0 aromatic carbocycles. The van der Waals surface area contributed by atoms with Crippen LogP contribution in [0.1, 0.15) is 26.2 Å². The van der Waals surface area contributed by atoms with Crippen molar-refractivity contribution < 1.29 is 9.59 Å². The minimum atomic E-state index is -0.120. The molecule has 0 aromatic heterocycles. The molecule has 0 bridgehead atoms. The summed E-state index contributed by atoms with van der Waals surface area (Å²) < 4.78 is 0. The van der Waals surface area contributed by atoms with Crippen molar-refractivity contribution in [1.82, 2.24) is 15.2 Å². The zero-order valence-electron chi connectivity index (χ0n) is 10.4. The van der Waals surface area contributed by atoms with Gasteiger partial charge >= 0.3 is 0 Å². The molecule has 0 saturated carbocycles. The van der Waals surface area contributed by atoms with Crippen molar-refractivity contribution in [2.24, 2.45) is 5.84 Å². The molecule has 1 saturated heterocycles. The lowest BCUT2D eigenvalue weighted by Crippen LogP contribution is -2.34. The number of hydrazine groups is 1. The van der Waals surface area contributed by atoms with Crippen LogP contribution in [0, 0.1) is 0 Å². The van der Waals surface area contributed by atoms with E-state index in [1.54, 1.807) is 6.92 Å². The van der Waals surface area contributed by atoms with Gasteiger partial charge in [0.2, 0.25) is 11.8 Å². The molecule has 2 amide bonds. The van der Waals surface area contributed by atoms with Crippen molar-refractivity contribution in [3.63, 3.8) is 0 Å². The first-order chi connectivity index (χ1) is 8.13. The molecule has 0 aromatic rings. The molecule has 0 spiro atoms. The van der Waals surface area contributed by atoms with E-state index in [0.29, 0.717) is 6.42 Å². The molecule has 1 heterocycles. The minimum Gasteiger partial charge on any atom is -0.342 e. The number of carbonyl (C=O) groups is 2. The summed E-state index contributed by atoms with van der Waals surface area (Å²) >= 11 is 0. The molecule has 1 aliphatic heterocycles. The van der Waals surface area contributed by atoms with E-state index in [1.165, 1.54) is 0 Å². The van der Waals surface area contributed by atoms with Crippen molar-refractivity contribution in [3.8, 4) is 0 Å². The first-order valence-corrected chi connectivity index (χ1v) is 6.11. The van der Waals surface area contributed by atoms with Crippen LogP contribution in [0.4, 0.5) is 0 Å². The van der Waals surface area contributed by atoms with Gasteiger partial charge in [-0.3, -0.25) is 15.0 Å². The van der Waals surface area contributed by atoms with E-state index in [9.17, 15) is 9.59 Å². The van der Waals surface area contributed by atoms with Crippen LogP contribution in [0.25, 0.3) is 0 Å². The van der Waals surface area contributed by atoms with Gasteiger partial charge in [-0.2, -0.15) is 0 Å². The Morgan fingerprint density at radius 2 is 2.00 bits per heavy atom. The monoisotopic (exact) mass is 242 g/mol. The molecule has 6 nitrogen and oxygen atoms in total. The number of hydrogen-bond donors (Lipinski definition) is 2. The van der Waals surface area contributed by atoms with Gasteiger partial charge in [0.25, 0.3) is 0 Å². The third kappa shape index (κ3) is 5.14. The van der Waals surface area contributed by atoms with Crippen molar-refractivity contribution in [3.05, 3.63) is 0 Å². The smallest absolute Gasteiger partial charge is 0.233 e. The van der Waals surface area contributed by atoms with Gasteiger partial charge < -0.3 is 9.80 Å². The molecule has 1 aliphatic rings. The second kappa shape index (κ2) is 7.24. The molecule has 1 fully saturated rings. The van der Waals surface area contributed by atoms with Crippen LogP contribution in [0.3, 0.4) is 0 Å². The molecule has 0 aliphatic carbocycles. The fourth-order valence-electron chi connectivity index (χ4n) is 2.04. The molecule has 0 radical (unpaired) electrons. The highest BCUT2D eigenvalue weighted by Crippen LogP contribution is 2.04. The van der Waals surface area contributed by atoms with Crippen LogP contribution in [0.2, 0.25) is 0 Å². The summed E-state index contributed by atoms with van der Waals surface area (Å²) in [7, 11) is 0. The van der Waals surface area contributed by atoms with Gasteiger partial charge in [-0.05, 0) is 25.9 Å². The average molecular weight is 242 g/mol. The average Bonchev–Trinajstić information content (AvgIpc) is 2.54. The lowest BCUT2D eigenvalue weighted by atomic mass is 10.2. The fourth-order valence-corrected chi connectivity index (χ4v) is 2.04. The van der Waals surface area contributed by atoms with Gasteiger partial charge in [0, 0.05) is 33.0 Å². The van der Waals surface area contributed by atoms with Gasteiger partial charge in [-0.1, -0.05) is 0 Å². The topological polar surface area (TPSA) is 78.7 Å². The molecule has 0 atom stereocenters. The Hall–Kier alpha value is -1.14. The second-order valence-electron chi connectivity index (χ2n) is 4.37. The summed E-state index contributed by atoms with van der Waals surface area (Å²) in [4.78, 5) is 26.4. The van der Waals surface area contributed by atoms with Crippen LogP contribution in [-0.4, -0.2) is 54.3 Å². The number of amides is 2. The van der Waals surface area contributed by atoms with Crippen LogP contribution < -0.4 is 11.3 Å². The maximum Gasteiger partial charge on any atom is 0.233 e. The molecule has 3 N–H and O–H groups in total. The van der Waals surface area contributed by atoms with Gasteiger partial charge in [0.15, 0.2) is 0 Å². The van der Waals surface area contributed by atoms with E-state index in [2.05, 4.69) is 10.3 Å². The predicted octanol–water partition coefficient (Wildman–Crippen LogP) is -0.689. The van der Waals surface area contributed by atoms with E-state index >= 15 is 0 Å². The molecule has 1 rings (SSSR count). The maximum absolute atomic E-state index is 11.2. The Labute approximate surface area is 102 Å². The minimum absolute atomic E-state index is 0.120. The zero-order chi connectivity index (χ0) is 12.7. The molecular formula is C11H22N4O2. The lowest BCUT2D eigenvalue weighted by molar-refractivity contribution is -0.128. The summed E-state index contributed by atoms with van der Waals surface area (Å²) in [6, 6.07) is 0. The summed E-state index contributed by atoms with van der Waals surface area (Å²) in [5.74, 6) is 5.04. The van der Waals surface area contributed by atoms with E-state index < -0.39 is 0 Å². The highest BCUT2D eigenvalue weighted by Gasteiger charge is 2.16. The highest BCUT2D eigenvalue weighted by molar-refractivity contribution is 5.75. The summed E-state index contributed by atoms with van der Waals surface area (Å²) in [5, 5.41) is 0. The third-order valence-corrected chi connectivity index (χ3v) is 3.07. The number of rotatable bonds is 4. The van der Waals surface area contributed by atoms with Crippen molar-refractivity contribution >= 4 is 11.8 Å². The molecule has 6 heteroatoms. The Kier molecular flexibility index (Phi) is 5.93. The number of nitrogens with zero attached hydrogens (tertiary/aromatic N) is 2. The van der Waals surface area contributed by atoms with E-state index in [0.717, 1.165) is 45.6 Å². The molecule has 0 unspecified atom stereocenters. The van der Waals surface area contributed by atoms with Gasteiger partial charge in [0.05, 0.1) is 0 Å². The van der Waals surface area contributed by atoms with Crippen LogP contribution in [0.5, 0.6) is 0 Å². The third-order valence-electron chi connectivity index (χ3n) is 3.07. The predicted molar refractivity (Wildman–Crippen MR) is 64.9 cm³/mol. The van der Waals surface area contributed by atoms with Crippen LogP contribution in [-0.2, 0) is 9.59 Å². The number of nitrogens with two attached hydrogens (primary N) is 1. The standard InChI is InChI=1S/C11H22N4O2/c1-10(16)15-7-3-6-14(8-9-15)5-2-4-11(17)13-12/h2-9,12H2,1H3,(H,13,17). The maximum atomic E-state index is 11.2. The Balaban J connectivity index is 2.22. The Morgan fingerprint density at radius 3 is 2.65 bits per heavy atom. The summed E-state index contributed by atoms with van der Waals surface area (Å²) in [6.45, 7) is 6.02. The first-order valence-electron chi connectivity index (χ1n) is 6.11. The molecular weight excluding hydrogens is 220 g/mol. The van der Waals surface area contributed by atoms with Crippen LogP contribution in [0.15, 0.2) is 0 Å². The van der Waals surface area contributed by atoms with Crippen LogP contribution >= 0.6 is 0 Å². The van der Waals surface area contributed by atoms with Gasteiger partial charge in [-0.15, -0.1) is 0 Å². The largest absolute Gasteiger partial charge is 0.342 e. The number of nitrogens with one attached hydrogen (secondary N) is 1. The lowest BCUT2D eigenvalue weighted by Gasteiger charge is -2.20. The molecule has 98 valence electrons. The van der Waals surface area contributed by atoms with E-state index in [4.69, 9.17) is 5.84 Å². The first kappa shape index (κ1) is 13.9. The van der Waals surface area contributed by atoms with Crippen molar-refractivity contribution in [1.29, 1.82) is 0 Å². The van der Waals surface area contributed by atoms with E-state index in [1.807, 2.05) is 4.90 Å². The zero-order valence-corrected chi connectivity index (χ0v) is 10.4. The summed E-state index contributed by atoms with van der Waals surface area (Å²) in [5.41, 5.74) is 2.13. The van der Waals surface area contributed by atoms with Gasteiger partial charge in [0.1, 0.15) is 0 Å². The normalized spacial score (nSPS) is 17.6. The van der Waals surface area contributed by atoms with E-state index in [-0.39, 0.29) is 11.8 Å². The Bertz CT molecular complexity index is 270. The quantitative estimate of drug-likeness (QED) is 0.388. The van der Waals surface area contributed by atoms with Crippen molar-refractivity contribution in [2.45, 2.75) is 26.2 Å². The summed E-state index contributed by atoms with van der Waals surface area (Å²) in [6.07, 6.45) is 2.27. The van der Waals surface area contributed by atoms with Crippen molar-refractivity contribution in [2.75, 3.05) is 32.7 Å². The fraction of sp³-hybridized carbons (Fsp3) is 0.818. The Morgan fingerprint density at radius 1 is 1.24 bits per heavy atom. The second-order valence-corrected chi connectivity index (χ2v) is 4.37. The SMILES string of the molecule is CC(=O)N1CCCN(CCCC(=O)NN)CC1.